The highest BCUT2D eigenvalue weighted by Gasteiger charge is 2.33. The number of aryl methyl sites for hydroxylation is 1. The molecule has 6 nitrogen and oxygen atoms in total. The molecule has 35 heavy (non-hydrogen) atoms. The first-order valence-electron chi connectivity index (χ1n) is 11.0. The molecule has 4 rings (SSSR count). The number of esters is 1. The average molecular weight is 551 g/mol. The van der Waals surface area contributed by atoms with Crippen LogP contribution in [-0.2, 0) is 9.53 Å². The monoisotopic (exact) mass is 550 g/mol. The molecule has 3 aromatic rings. The summed E-state index contributed by atoms with van der Waals surface area (Å²) in [6, 6.07) is 12.7. The zero-order valence-corrected chi connectivity index (χ0v) is 21.9. The van der Waals surface area contributed by atoms with Crippen LogP contribution in [0.15, 0.2) is 68.0 Å². The fourth-order valence-electron chi connectivity index (χ4n) is 3.85. The zero-order chi connectivity index (χ0) is 25.1. The Bertz CT molecular complexity index is 1540. The quantitative estimate of drug-likeness (QED) is 0.345. The van der Waals surface area contributed by atoms with Crippen LogP contribution in [0.25, 0.3) is 6.08 Å². The predicted molar refractivity (Wildman–Crippen MR) is 140 cm³/mol. The second-order valence-corrected chi connectivity index (χ2v) is 9.76. The van der Waals surface area contributed by atoms with Crippen LogP contribution in [0.1, 0.15) is 36.6 Å². The summed E-state index contributed by atoms with van der Waals surface area (Å²) in [6.07, 6.45) is 7.07. The fraction of sp³-hybridized carbons (Fsp3) is 0.222. The van der Waals surface area contributed by atoms with E-state index in [0.29, 0.717) is 26.4 Å². The summed E-state index contributed by atoms with van der Waals surface area (Å²) < 4.78 is 13.6. The van der Waals surface area contributed by atoms with Gasteiger partial charge in [-0.1, -0.05) is 53.2 Å². The summed E-state index contributed by atoms with van der Waals surface area (Å²) in [5, 5.41) is 0. The molecule has 1 aliphatic rings. The molecule has 1 aromatic heterocycles. The van der Waals surface area contributed by atoms with E-state index in [9.17, 15) is 9.59 Å². The number of nitrogens with zero attached hydrogens (tertiary/aromatic N) is 2. The van der Waals surface area contributed by atoms with Crippen molar-refractivity contribution in [1.29, 1.82) is 0 Å². The van der Waals surface area contributed by atoms with E-state index in [0.717, 1.165) is 21.2 Å². The number of aromatic nitrogens is 1. The third kappa shape index (κ3) is 5.02. The van der Waals surface area contributed by atoms with Gasteiger partial charge in [0, 0.05) is 0 Å². The molecular weight excluding hydrogens is 528 g/mol. The van der Waals surface area contributed by atoms with Gasteiger partial charge in [-0.25, -0.2) is 9.79 Å². The molecule has 0 fully saturated rings. The fourth-order valence-corrected chi connectivity index (χ4v) is 5.41. The Morgan fingerprint density at radius 2 is 2.00 bits per heavy atom. The van der Waals surface area contributed by atoms with Crippen LogP contribution in [0, 0.1) is 19.3 Å². The first-order valence-corrected chi connectivity index (χ1v) is 12.6. The van der Waals surface area contributed by atoms with Gasteiger partial charge in [0.15, 0.2) is 4.80 Å². The normalized spacial score (nSPS) is 15.3. The van der Waals surface area contributed by atoms with Crippen molar-refractivity contribution < 1.29 is 14.3 Å². The largest absolute Gasteiger partial charge is 0.480 e. The second-order valence-electron chi connectivity index (χ2n) is 7.90. The molecule has 178 valence electrons. The van der Waals surface area contributed by atoms with Gasteiger partial charge < -0.3 is 9.47 Å². The minimum Gasteiger partial charge on any atom is -0.480 e. The van der Waals surface area contributed by atoms with E-state index in [4.69, 9.17) is 15.9 Å². The number of allylic oxidation sites excluding steroid dienone is 1. The van der Waals surface area contributed by atoms with Crippen LogP contribution in [0.4, 0.5) is 0 Å². The highest BCUT2D eigenvalue weighted by molar-refractivity contribution is 9.10. The molecule has 0 bridgehead atoms. The van der Waals surface area contributed by atoms with Crippen LogP contribution in [0.3, 0.4) is 0 Å². The van der Waals surface area contributed by atoms with Crippen molar-refractivity contribution in [2.24, 2.45) is 4.99 Å². The number of fused-ring (bicyclic) bond motifs is 1. The molecule has 1 atom stereocenters. The van der Waals surface area contributed by atoms with Crippen molar-refractivity contribution in [2.75, 3.05) is 13.2 Å². The van der Waals surface area contributed by atoms with Gasteiger partial charge in [-0.3, -0.25) is 9.36 Å². The van der Waals surface area contributed by atoms with E-state index in [1.54, 1.807) is 30.6 Å². The van der Waals surface area contributed by atoms with Crippen LogP contribution in [0.2, 0.25) is 0 Å². The van der Waals surface area contributed by atoms with E-state index >= 15 is 0 Å². The highest BCUT2D eigenvalue weighted by Crippen LogP contribution is 2.31. The van der Waals surface area contributed by atoms with E-state index in [2.05, 4.69) is 26.8 Å². The Hall–Kier alpha value is -3.41. The molecule has 0 aliphatic carbocycles. The van der Waals surface area contributed by atoms with Gasteiger partial charge in [-0.05, 0) is 66.0 Å². The van der Waals surface area contributed by atoms with E-state index in [1.165, 1.54) is 11.3 Å². The molecular formula is C27H23BrN2O4S. The maximum atomic E-state index is 13.6. The average Bonchev–Trinajstić information content (AvgIpc) is 3.12. The summed E-state index contributed by atoms with van der Waals surface area (Å²) in [6.45, 7) is 5.92. The smallest absolute Gasteiger partial charge is 0.338 e. The van der Waals surface area contributed by atoms with E-state index in [-0.39, 0.29) is 18.8 Å². The molecule has 2 heterocycles. The lowest BCUT2D eigenvalue weighted by Crippen LogP contribution is -2.39. The summed E-state index contributed by atoms with van der Waals surface area (Å²) in [5.41, 5.74) is 3.39. The Balaban J connectivity index is 1.87. The third-order valence-electron chi connectivity index (χ3n) is 5.47. The SMILES string of the molecule is C#CCOc1ccc(/C=c2/sc3n(c2=O)[C@@H](c2ccc(C)cc2)C(C(=O)OCC)=C(C)N=3)cc1Br. The van der Waals surface area contributed by atoms with Crippen LogP contribution >= 0.6 is 27.3 Å². The van der Waals surface area contributed by atoms with E-state index in [1.807, 2.05) is 43.3 Å². The number of ether oxygens (including phenoxy) is 2. The topological polar surface area (TPSA) is 69.9 Å². The molecule has 8 heteroatoms. The standard InChI is InChI=1S/C27H23BrN2O4S/c1-5-13-34-21-12-9-18(14-20(21)28)15-22-25(31)30-24(19-10-7-16(3)8-11-19)23(26(32)33-6-2)17(4)29-27(30)35-22/h1,7-12,14-15,24H,6,13H2,2-4H3/b22-15+/t24-/m0/s1. The molecule has 0 amide bonds. The molecule has 0 radical (unpaired) electrons. The Morgan fingerprint density at radius 1 is 1.26 bits per heavy atom. The van der Waals surface area contributed by atoms with Gasteiger partial charge in [-0.15, -0.1) is 6.42 Å². The first kappa shape index (κ1) is 24.7. The molecule has 0 saturated carbocycles. The Kier molecular flexibility index (Phi) is 7.39. The van der Waals surface area contributed by atoms with Gasteiger partial charge in [0.1, 0.15) is 12.4 Å². The van der Waals surface area contributed by atoms with Crippen molar-refractivity contribution in [2.45, 2.75) is 26.8 Å². The number of terminal acetylenes is 1. The highest BCUT2D eigenvalue weighted by atomic mass is 79.9. The Labute approximate surface area is 215 Å². The minimum absolute atomic E-state index is 0.164. The number of halogens is 1. The van der Waals surface area contributed by atoms with Crippen molar-refractivity contribution in [3.63, 3.8) is 0 Å². The lowest BCUT2D eigenvalue weighted by atomic mass is 9.95. The predicted octanol–water partition coefficient (Wildman–Crippen LogP) is 3.88. The van der Waals surface area contributed by atoms with Gasteiger partial charge >= 0.3 is 5.97 Å². The summed E-state index contributed by atoms with van der Waals surface area (Å²) >= 11 is 4.77. The van der Waals surface area contributed by atoms with E-state index < -0.39 is 12.0 Å². The second kappa shape index (κ2) is 10.5. The number of carbonyl (C=O) groups excluding carboxylic acids is 1. The Morgan fingerprint density at radius 3 is 2.66 bits per heavy atom. The molecule has 0 saturated heterocycles. The summed E-state index contributed by atoms with van der Waals surface area (Å²) in [4.78, 5) is 31.7. The van der Waals surface area contributed by atoms with Crippen LogP contribution in [0.5, 0.6) is 5.75 Å². The van der Waals surface area contributed by atoms with Crippen LogP contribution in [-0.4, -0.2) is 23.8 Å². The maximum Gasteiger partial charge on any atom is 0.338 e. The lowest BCUT2D eigenvalue weighted by molar-refractivity contribution is -0.139. The minimum atomic E-state index is -0.626. The number of hydrogen-bond donors (Lipinski definition) is 0. The number of hydrogen-bond acceptors (Lipinski definition) is 6. The van der Waals surface area contributed by atoms with Crippen molar-refractivity contribution in [3.8, 4) is 18.1 Å². The van der Waals surface area contributed by atoms with Gasteiger partial charge in [0.2, 0.25) is 0 Å². The summed E-state index contributed by atoms with van der Waals surface area (Å²) in [5.74, 6) is 2.58. The van der Waals surface area contributed by atoms with Crippen molar-refractivity contribution >= 4 is 39.3 Å². The first-order chi connectivity index (χ1) is 16.8. The molecule has 2 aromatic carbocycles. The molecule has 0 N–H and O–H groups in total. The number of benzene rings is 2. The maximum absolute atomic E-state index is 13.6. The molecule has 0 unspecified atom stereocenters. The number of rotatable bonds is 6. The lowest BCUT2D eigenvalue weighted by Gasteiger charge is -2.24. The number of thiazole rings is 1. The van der Waals surface area contributed by atoms with Gasteiger partial charge in [-0.2, -0.15) is 0 Å². The van der Waals surface area contributed by atoms with Crippen molar-refractivity contribution in [3.05, 3.63) is 94.6 Å². The number of carbonyl (C=O) groups is 1. The zero-order valence-electron chi connectivity index (χ0n) is 19.5. The van der Waals surface area contributed by atoms with Gasteiger partial charge in [0.05, 0.1) is 32.9 Å². The van der Waals surface area contributed by atoms with Gasteiger partial charge in [0.25, 0.3) is 5.56 Å². The molecule has 0 spiro atoms. The summed E-state index contributed by atoms with van der Waals surface area (Å²) in [7, 11) is 0. The van der Waals surface area contributed by atoms with Crippen LogP contribution < -0.4 is 19.6 Å². The third-order valence-corrected chi connectivity index (χ3v) is 7.08. The van der Waals surface area contributed by atoms with Crippen molar-refractivity contribution in [1.82, 2.24) is 4.57 Å². The molecule has 1 aliphatic heterocycles.